The molecule has 0 aliphatic heterocycles. The summed E-state index contributed by atoms with van der Waals surface area (Å²) < 4.78 is 13.0. The van der Waals surface area contributed by atoms with Crippen molar-refractivity contribution in [1.29, 1.82) is 0 Å². The van der Waals surface area contributed by atoms with E-state index in [-0.39, 0.29) is 33.9 Å². The van der Waals surface area contributed by atoms with E-state index in [1.54, 1.807) is 49.6 Å². The molecule has 0 saturated heterocycles. The summed E-state index contributed by atoms with van der Waals surface area (Å²) in [6.07, 6.45) is 1.31. The van der Waals surface area contributed by atoms with E-state index in [4.69, 9.17) is 26.8 Å². The number of nitrogens with two attached hydrogens (primary N) is 1. The summed E-state index contributed by atoms with van der Waals surface area (Å²) in [6, 6.07) is 5.33. The Labute approximate surface area is 233 Å². The van der Waals surface area contributed by atoms with Gasteiger partial charge in [0.2, 0.25) is 5.91 Å². The number of carbonyl (C=O) groups is 3. The molecule has 2 heterocycles. The summed E-state index contributed by atoms with van der Waals surface area (Å²) in [7, 11) is 0. The van der Waals surface area contributed by atoms with Crippen molar-refractivity contribution in [2.75, 3.05) is 11.1 Å². The number of nitrogens with one attached hydrogen (secondary N) is 1. The fourth-order valence-corrected chi connectivity index (χ4v) is 5.47. The lowest BCUT2D eigenvalue weighted by Gasteiger charge is -2.11. The standard InChI is InChI=1S/C25H28ClN5O5S2/c1-6-9-31-18(11-35-17-8-7-16(26)10-14(17)4)29-30-25(31)37-12-19(32)28-23-20(24(34)36-13(2)3)15(5)21(38-23)22(27)33/h6-8,10,13H,1,9,11-12H2,2-5H3,(H2,27,33)(H,28,32). The summed E-state index contributed by atoms with van der Waals surface area (Å²) >= 11 is 8.10. The van der Waals surface area contributed by atoms with Crippen molar-refractivity contribution >= 4 is 57.5 Å². The van der Waals surface area contributed by atoms with Gasteiger partial charge >= 0.3 is 5.97 Å². The number of benzene rings is 1. The number of hydrogen-bond acceptors (Lipinski definition) is 9. The Hall–Kier alpha value is -3.35. The molecule has 38 heavy (non-hydrogen) atoms. The van der Waals surface area contributed by atoms with Crippen LogP contribution in [0.5, 0.6) is 5.75 Å². The van der Waals surface area contributed by atoms with Gasteiger partial charge in [0.25, 0.3) is 5.91 Å². The van der Waals surface area contributed by atoms with E-state index in [0.29, 0.717) is 33.9 Å². The van der Waals surface area contributed by atoms with Crippen LogP contribution in [0, 0.1) is 13.8 Å². The fraction of sp³-hybridized carbons (Fsp3) is 0.320. The number of rotatable bonds is 12. The first-order valence-electron chi connectivity index (χ1n) is 11.5. The number of ether oxygens (including phenoxy) is 2. The highest BCUT2D eigenvalue weighted by atomic mass is 35.5. The molecule has 0 unspecified atom stereocenters. The molecule has 13 heteroatoms. The van der Waals surface area contributed by atoms with Gasteiger partial charge in [-0.25, -0.2) is 4.79 Å². The fourth-order valence-electron chi connectivity index (χ4n) is 3.41. The molecule has 0 atom stereocenters. The summed E-state index contributed by atoms with van der Waals surface area (Å²) in [5.74, 6) is -0.551. The summed E-state index contributed by atoms with van der Waals surface area (Å²) in [5.41, 5.74) is 6.81. The Kier molecular flexibility index (Phi) is 9.95. The second kappa shape index (κ2) is 12.9. The van der Waals surface area contributed by atoms with Crippen molar-refractivity contribution in [2.45, 2.75) is 52.1 Å². The number of halogens is 1. The maximum absolute atomic E-state index is 12.8. The van der Waals surface area contributed by atoms with E-state index in [9.17, 15) is 14.4 Å². The Morgan fingerprint density at radius 2 is 2.03 bits per heavy atom. The van der Waals surface area contributed by atoms with Gasteiger partial charge in [0.1, 0.15) is 17.4 Å². The minimum absolute atomic E-state index is 0.0338. The number of nitrogens with zero attached hydrogens (tertiary/aromatic N) is 3. The van der Waals surface area contributed by atoms with E-state index in [2.05, 4.69) is 22.1 Å². The van der Waals surface area contributed by atoms with Crippen LogP contribution in [0.2, 0.25) is 5.02 Å². The highest BCUT2D eigenvalue weighted by molar-refractivity contribution is 7.99. The van der Waals surface area contributed by atoms with Gasteiger partial charge in [0.15, 0.2) is 11.0 Å². The quantitative estimate of drug-likeness (QED) is 0.178. The van der Waals surface area contributed by atoms with Crippen molar-refractivity contribution in [2.24, 2.45) is 5.73 Å². The molecular weight excluding hydrogens is 550 g/mol. The SMILES string of the molecule is C=CCn1c(COc2ccc(Cl)cc2C)nnc1SCC(=O)Nc1sc(C(N)=O)c(C)c1C(=O)OC(C)C. The molecular formula is C25H28ClN5O5S2. The lowest BCUT2D eigenvalue weighted by atomic mass is 10.1. The number of primary amides is 1. The highest BCUT2D eigenvalue weighted by Crippen LogP contribution is 2.34. The molecule has 0 radical (unpaired) electrons. The van der Waals surface area contributed by atoms with Crippen LogP contribution in [0.25, 0.3) is 0 Å². The first kappa shape index (κ1) is 29.2. The van der Waals surface area contributed by atoms with Crippen LogP contribution < -0.4 is 15.8 Å². The third kappa shape index (κ3) is 7.15. The zero-order valence-corrected chi connectivity index (χ0v) is 23.8. The van der Waals surface area contributed by atoms with Crippen molar-refractivity contribution < 1.29 is 23.9 Å². The summed E-state index contributed by atoms with van der Waals surface area (Å²) in [5, 5.41) is 12.4. The molecule has 1 aromatic carbocycles. The molecule has 0 saturated carbocycles. The maximum Gasteiger partial charge on any atom is 0.341 e. The second-order valence-corrected chi connectivity index (χ2v) is 10.8. The van der Waals surface area contributed by atoms with Gasteiger partial charge in [-0.15, -0.1) is 28.1 Å². The Morgan fingerprint density at radius 1 is 1.29 bits per heavy atom. The van der Waals surface area contributed by atoms with Gasteiger partial charge in [-0.1, -0.05) is 29.4 Å². The highest BCUT2D eigenvalue weighted by Gasteiger charge is 2.26. The molecule has 0 fully saturated rings. The molecule has 3 rings (SSSR count). The molecule has 3 N–H and O–H groups in total. The van der Waals surface area contributed by atoms with E-state index >= 15 is 0 Å². The average Bonchev–Trinajstić information content (AvgIpc) is 3.37. The van der Waals surface area contributed by atoms with Crippen LogP contribution >= 0.6 is 34.7 Å². The first-order chi connectivity index (χ1) is 18.0. The number of allylic oxidation sites excluding steroid dienone is 1. The van der Waals surface area contributed by atoms with Crippen LogP contribution in [0.15, 0.2) is 36.0 Å². The first-order valence-corrected chi connectivity index (χ1v) is 13.7. The molecule has 0 spiro atoms. The third-order valence-electron chi connectivity index (χ3n) is 5.10. The number of amides is 2. The number of anilines is 1. The van der Waals surface area contributed by atoms with Crippen LogP contribution in [0.4, 0.5) is 5.00 Å². The predicted molar refractivity (Wildman–Crippen MR) is 148 cm³/mol. The largest absolute Gasteiger partial charge is 0.485 e. The van der Waals surface area contributed by atoms with Crippen LogP contribution in [0.1, 0.15) is 50.8 Å². The Balaban J connectivity index is 1.72. The van der Waals surface area contributed by atoms with Gasteiger partial charge < -0.3 is 20.5 Å². The summed E-state index contributed by atoms with van der Waals surface area (Å²) in [6.45, 7) is 11.2. The number of hydrogen-bond donors (Lipinski definition) is 2. The second-order valence-electron chi connectivity index (χ2n) is 8.41. The maximum atomic E-state index is 12.8. The van der Waals surface area contributed by atoms with Crippen molar-refractivity contribution in [1.82, 2.24) is 14.8 Å². The molecule has 202 valence electrons. The Bertz CT molecular complexity index is 1370. The molecule has 10 nitrogen and oxygen atoms in total. The number of carbonyl (C=O) groups excluding carboxylic acids is 3. The number of thioether (sulfide) groups is 1. The van der Waals surface area contributed by atoms with Gasteiger partial charge in [-0.3, -0.25) is 14.2 Å². The van der Waals surface area contributed by atoms with Gasteiger partial charge in [-0.2, -0.15) is 0 Å². The monoisotopic (exact) mass is 577 g/mol. The lowest BCUT2D eigenvalue weighted by Crippen LogP contribution is -2.18. The lowest BCUT2D eigenvalue weighted by molar-refractivity contribution is -0.113. The number of aryl methyl sites for hydroxylation is 1. The van der Waals surface area contributed by atoms with Crippen LogP contribution in [0.3, 0.4) is 0 Å². The van der Waals surface area contributed by atoms with Gasteiger partial charge in [-0.05, 0) is 57.0 Å². The molecule has 3 aromatic rings. The zero-order chi connectivity index (χ0) is 28.0. The normalized spacial score (nSPS) is 10.9. The van der Waals surface area contributed by atoms with Gasteiger partial charge in [0.05, 0.1) is 22.3 Å². The smallest absolute Gasteiger partial charge is 0.341 e. The zero-order valence-electron chi connectivity index (χ0n) is 21.4. The number of aromatic nitrogens is 3. The molecule has 0 aliphatic rings. The predicted octanol–water partition coefficient (Wildman–Crippen LogP) is 4.77. The van der Waals surface area contributed by atoms with Crippen LogP contribution in [-0.2, 0) is 22.7 Å². The van der Waals surface area contributed by atoms with Crippen molar-refractivity contribution in [3.8, 4) is 5.75 Å². The average molecular weight is 578 g/mol. The Morgan fingerprint density at radius 3 is 2.66 bits per heavy atom. The third-order valence-corrected chi connectivity index (χ3v) is 7.53. The minimum Gasteiger partial charge on any atom is -0.485 e. The van der Waals surface area contributed by atoms with Crippen LogP contribution in [-0.4, -0.2) is 44.4 Å². The number of esters is 1. The van der Waals surface area contributed by atoms with Crippen molar-refractivity contribution in [3.63, 3.8) is 0 Å². The molecule has 0 aliphatic carbocycles. The van der Waals surface area contributed by atoms with Crippen molar-refractivity contribution in [3.05, 3.63) is 63.3 Å². The molecule has 2 amide bonds. The minimum atomic E-state index is -0.693. The van der Waals surface area contributed by atoms with Gasteiger partial charge in [0, 0.05) is 11.6 Å². The molecule has 0 bridgehead atoms. The van der Waals surface area contributed by atoms with E-state index in [1.807, 2.05) is 6.92 Å². The molecule has 2 aromatic heterocycles. The number of thiophene rings is 1. The van der Waals surface area contributed by atoms with E-state index < -0.39 is 17.8 Å². The summed E-state index contributed by atoms with van der Waals surface area (Å²) in [4.78, 5) is 37.5. The van der Waals surface area contributed by atoms with E-state index in [1.165, 1.54) is 0 Å². The topological polar surface area (TPSA) is 138 Å². The van der Waals surface area contributed by atoms with E-state index in [0.717, 1.165) is 28.7 Å².